The monoisotopic (exact) mass is 1490 g/mol. The van der Waals surface area contributed by atoms with Gasteiger partial charge in [0.15, 0.2) is 0 Å². The number of hydrogen-bond acceptors (Lipinski definition) is 12. The minimum atomic E-state index is -0.266. The average molecular weight is 1500 g/mol. The Hall–Kier alpha value is -8.19. The van der Waals surface area contributed by atoms with E-state index in [0.29, 0.717) is 64.3 Å². The van der Waals surface area contributed by atoms with Crippen molar-refractivity contribution >= 4 is 33.1 Å². The lowest BCUT2D eigenvalue weighted by molar-refractivity contribution is -0.0526. The normalized spacial score (nSPS) is 33.9. The number of rotatable bonds is 9. The van der Waals surface area contributed by atoms with Gasteiger partial charge < -0.3 is 28.7 Å². The zero-order chi connectivity index (χ0) is 75.3. The van der Waals surface area contributed by atoms with Crippen LogP contribution in [0.15, 0.2) is 157 Å². The summed E-state index contributed by atoms with van der Waals surface area (Å²) in [7, 11) is 0. The summed E-state index contributed by atoms with van der Waals surface area (Å²) in [5.74, 6) is 8.16. The fraction of sp³-hybridized carbons (Fsp3) is 0.581. The molecule has 12 fully saturated rings. The molecule has 12 bridgehead atoms. The smallest absolute Gasteiger partial charge is 0.278 e. The molecule has 0 spiro atoms. The van der Waals surface area contributed by atoms with Crippen LogP contribution in [0.4, 0.5) is 0 Å². The first-order valence-corrected chi connectivity index (χ1v) is 43.5. The zero-order valence-electron chi connectivity index (χ0n) is 65.4. The van der Waals surface area contributed by atoms with Gasteiger partial charge in [-0.15, -0.1) is 0 Å². The number of benzene rings is 3. The number of H-pyrrole nitrogens is 3. The number of nitrogens with zero attached hydrogens (tertiary/aromatic N) is 9. The zero-order valence-corrected chi connectivity index (χ0v) is 65.4. The van der Waals surface area contributed by atoms with Crippen molar-refractivity contribution < 1.29 is 0 Å². The van der Waals surface area contributed by atoms with Gasteiger partial charge in [0.05, 0.1) is 38.7 Å². The second kappa shape index (κ2) is 30.6. The highest BCUT2D eigenvalue weighted by atomic mass is 16.2. The maximum atomic E-state index is 14.0. The van der Waals surface area contributed by atoms with Crippen molar-refractivity contribution in [2.75, 3.05) is 0 Å². The van der Waals surface area contributed by atoms with Crippen LogP contribution >= 0.6 is 0 Å². The van der Waals surface area contributed by atoms with Crippen LogP contribution in [-0.4, -0.2) is 113 Å². The molecule has 0 amide bonds. The van der Waals surface area contributed by atoms with Crippen LogP contribution in [0.1, 0.15) is 232 Å². The third-order valence-corrected chi connectivity index (χ3v) is 30.0. The van der Waals surface area contributed by atoms with E-state index in [1.165, 1.54) is 166 Å². The molecule has 21 atom stereocenters. The minimum Gasteiger partial charge on any atom is -0.329 e. The molecule has 18 heteroatoms. The molecule has 9 unspecified atom stereocenters. The van der Waals surface area contributed by atoms with Crippen LogP contribution in [0.5, 0.6) is 0 Å². The van der Waals surface area contributed by atoms with Crippen molar-refractivity contribution in [3.8, 4) is 33.8 Å². The maximum Gasteiger partial charge on any atom is 0.278 e. The molecule has 12 heterocycles. The van der Waals surface area contributed by atoms with Gasteiger partial charge in [0, 0.05) is 114 Å². The SMILES string of the molecule is CC1C[C@@H]2CC(N3[C@@H]4CCC[C@H]3CC(n3c(=O)c(-c5cc[nH]c(=O)c5)nc5ccccc53)C4)C[C@H](C1)C2.CC1C[C@@H]2CC(N3[C@@H]4CCC[C@H]3CC(n3c(=O)c(-c5ccc(=O)[nH]c5)nc5ccccc53)C4)C[C@H](C1)C2.CC1C[C@@H]2CC(N3[C@@H]4CCC[C@H]3CC(n3c(=O)c(-c5ccc[nH]c5=O)nc5ccccc53)C4)C[C@H](C1)C2. The molecule has 6 aliphatic carbocycles. The number of aromatic amines is 3. The summed E-state index contributed by atoms with van der Waals surface area (Å²) in [6.07, 6.45) is 43.5. The van der Waals surface area contributed by atoms with Gasteiger partial charge in [0.1, 0.15) is 17.1 Å². The van der Waals surface area contributed by atoms with Crippen LogP contribution < -0.4 is 33.4 Å². The Bertz CT molecular complexity index is 5190. The van der Waals surface area contributed by atoms with Gasteiger partial charge in [-0.1, -0.05) is 76.4 Å². The van der Waals surface area contributed by atoms with Crippen molar-refractivity contribution in [2.45, 2.75) is 286 Å². The van der Waals surface area contributed by atoms with Gasteiger partial charge in [-0.3, -0.25) is 43.5 Å². The molecule has 111 heavy (non-hydrogen) atoms. The van der Waals surface area contributed by atoms with E-state index in [-0.39, 0.29) is 57.2 Å². The van der Waals surface area contributed by atoms with E-state index < -0.39 is 0 Å². The third-order valence-electron chi connectivity index (χ3n) is 30.0. The maximum absolute atomic E-state index is 14.0. The summed E-state index contributed by atoms with van der Waals surface area (Å²) >= 11 is 0. The first-order chi connectivity index (χ1) is 54.1. The Morgan fingerprint density at radius 3 is 1.03 bits per heavy atom. The number of hydrogen-bond donors (Lipinski definition) is 3. The standard InChI is InChI=1S/3C31H38N4O2/c1-19-12-20-14-21(13-19)16-24(15-20)34-22-6-4-7-23(34)18-25(17-22)35-28-10-3-2-9-27(28)33-29(31(35)37)26-8-5-11-32-30(26)36;1-19-11-20-13-21(12-19)15-25(14-20)34-23-5-4-6-24(34)17-26(16-23)35-28-8-3-2-7-27(28)33-30(31(35)37)22-9-10-29(36)32-18-22;1-19-11-20-13-21(12-19)15-25(14-20)34-23-5-4-6-24(34)18-26(17-23)35-28-8-3-2-7-27(28)33-30(31(35)37)22-9-10-32-29(36)16-22/h2-3,5,8-11,19-25H,4,6-7,12-18H2,1H3,(H,32,36);2-3,7-10,18-21,23-26H,4-6,11-17H2,1H3,(H,32,36);2-3,7-10,16,19-21,23-26H,4-6,11-15,17-18H2,1H3,(H,32,36)/t19?,20-,21+,22-,23+,24?,25?;2*19?,20-,21+,23-,24+,25?,26?. The molecule has 3 N–H and O–H groups in total. The van der Waals surface area contributed by atoms with Crippen molar-refractivity contribution in [2.24, 2.45) is 53.3 Å². The van der Waals surface area contributed by atoms with Crippen LogP contribution in [0.2, 0.25) is 0 Å². The molecule has 6 aliphatic heterocycles. The lowest BCUT2D eigenvalue weighted by Crippen LogP contribution is -2.58. The van der Waals surface area contributed by atoms with Crippen molar-refractivity contribution in [3.63, 3.8) is 0 Å². The van der Waals surface area contributed by atoms with E-state index in [9.17, 15) is 28.8 Å². The molecule has 3 aromatic carbocycles. The topological polar surface area (TPSA) is 213 Å². The molecule has 21 rings (SSSR count). The van der Waals surface area contributed by atoms with E-state index in [2.05, 4.69) is 55.0 Å². The number of aromatic nitrogens is 9. The number of pyridine rings is 3. The Morgan fingerprint density at radius 1 is 0.306 bits per heavy atom. The third kappa shape index (κ3) is 14.4. The lowest BCUT2D eigenvalue weighted by Gasteiger charge is -2.55. The Balaban J connectivity index is 0.000000112. The largest absolute Gasteiger partial charge is 0.329 e. The van der Waals surface area contributed by atoms with Crippen molar-refractivity contribution in [1.82, 2.24) is 58.3 Å². The van der Waals surface area contributed by atoms with E-state index >= 15 is 0 Å². The summed E-state index contributed by atoms with van der Waals surface area (Å²) in [5, 5.41) is 0. The minimum absolute atomic E-state index is 0.0385. The van der Waals surface area contributed by atoms with Gasteiger partial charge in [-0.2, -0.15) is 0 Å². The van der Waals surface area contributed by atoms with Gasteiger partial charge in [-0.05, 0) is 287 Å². The Labute approximate surface area is 650 Å². The van der Waals surface area contributed by atoms with E-state index in [1.807, 2.05) is 81.9 Å². The molecule has 6 saturated carbocycles. The van der Waals surface area contributed by atoms with Gasteiger partial charge >= 0.3 is 0 Å². The van der Waals surface area contributed by atoms with E-state index in [1.54, 1.807) is 42.9 Å². The molecule has 6 saturated heterocycles. The predicted molar refractivity (Wildman–Crippen MR) is 440 cm³/mol. The Morgan fingerprint density at radius 2 is 0.667 bits per heavy atom. The molecular formula is C93H114N12O6. The second-order valence-electron chi connectivity index (χ2n) is 37.6. The average Bonchev–Trinajstić information content (AvgIpc) is 0.751. The first-order valence-electron chi connectivity index (χ1n) is 43.5. The highest BCUT2D eigenvalue weighted by molar-refractivity contribution is 5.80. The van der Waals surface area contributed by atoms with Gasteiger partial charge in [-0.25, -0.2) is 15.0 Å². The van der Waals surface area contributed by atoms with Crippen molar-refractivity contribution in [3.05, 3.63) is 190 Å². The second-order valence-corrected chi connectivity index (χ2v) is 37.6. The van der Waals surface area contributed by atoms with Crippen LogP contribution in [0, 0.1) is 53.3 Å². The molecule has 0 radical (unpaired) electrons. The van der Waals surface area contributed by atoms with Gasteiger partial charge in [0.25, 0.3) is 22.2 Å². The first kappa shape index (κ1) is 73.0. The highest BCUT2D eigenvalue weighted by Crippen LogP contribution is 2.53. The quantitative estimate of drug-likeness (QED) is 0.123. The number of nitrogens with one attached hydrogen (secondary N) is 3. The van der Waals surface area contributed by atoms with Crippen LogP contribution in [0.3, 0.4) is 0 Å². The van der Waals surface area contributed by atoms with Crippen molar-refractivity contribution in [1.29, 1.82) is 0 Å². The molecule has 9 aromatic rings. The van der Waals surface area contributed by atoms with E-state index in [4.69, 9.17) is 15.0 Å². The molecular weight excluding hydrogens is 1380 g/mol. The molecule has 582 valence electrons. The highest BCUT2D eigenvalue weighted by Gasteiger charge is 2.50. The molecule has 18 nitrogen and oxygen atoms in total. The number of piperidine rings is 6. The van der Waals surface area contributed by atoms with E-state index in [0.717, 1.165) is 143 Å². The fourth-order valence-electron chi connectivity index (χ4n) is 26.6. The Kier molecular flexibility index (Phi) is 20.1. The van der Waals surface area contributed by atoms with Crippen LogP contribution in [-0.2, 0) is 0 Å². The summed E-state index contributed by atoms with van der Waals surface area (Å²) in [6, 6.07) is 39.9. The number of fused-ring (bicyclic) bond motifs is 15. The summed E-state index contributed by atoms with van der Waals surface area (Å²) in [4.78, 5) is 110. The summed E-state index contributed by atoms with van der Waals surface area (Å²) in [6.45, 7) is 7.36. The molecule has 12 aliphatic rings. The summed E-state index contributed by atoms with van der Waals surface area (Å²) < 4.78 is 6.10. The lowest BCUT2D eigenvalue weighted by atomic mass is 9.65. The predicted octanol–water partition coefficient (Wildman–Crippen LogP) is 16.6. The number of para-hydroxylation sites is 6. The molecule has 6 aromatic heterocycles. The fourth-order valence-corrected chi connectivity index (χ4v) is 26.6. The summed E-state index contributed by atoms with van der Waals surface area (Å²) in [5.41, 5.74) is 6.97. The van der Waals surface area contributed by atoms with Gasteiger partial charge in [0.2, 0.25) is 11.1 Å². The van der Waals surface area contributed by atoms with Crippen LogP contribution in [0.25, 0.3) is 66.9 Å².